The summed E-state index contributed by atoms with van der Waals surface area (Å²) in [6, 6.07) is 13.4. The van der Waals surface area contributed by atoms with Gasteiger partial charge in [0.25, 0.3) is 0 Å². The highest BCUT2D eigenvalue weighted by molar-refractivity contribution is 9.10. The Bertz CT molecular complexity index is 1570. The van der Waals surface area contributed by atoms with Crippen molar-refractivity contribution in [2.24, 2.45) is 0 Å². The fourth-order valence-electron chi connectivity index (χ4n) is 3.72. The number of carbonyl (C=O) groups is 1. The number of benzene rings is 2. The SMILES string of the molecule is COc1cc(OC)nc(Oc2cccc(Oc3nc(OC)cc(OC)n3)c2C(=O)OC(c2ccc(Br)cc2)P(=O)(OC)OC)n1. The zero-order valence-corrected chi connectivity index (χ0v) is 27.4. The molecule has 0 radical (unpaired) electrons. The standard InChI is InChI=1S/C28H28BrN4O11P/c1-36-20-14-21(37-2)31-27(30-20)42-18-8-7-9-19(43-28-32-22(38-3)15-23(33-28)39-4)24(18)25(34)44-26(45(35,40-5)41-6)16-10-12-17(29)13-11-16/h7-15,26H,1-6H3. The summed E-state index contributed by atoms with van der Waals surface area (Å²) < 4.78 is 63.3. The molecule has 45 heavy (non-hydrogen) atoms. The van der Waals surface area contributed by atoms with Crippen LogP contribution in [0.2, 0.25) is 0 Å². The molecule has 4 aromatic rings. The number of esters is 1. The van der Waals surface area contributed by atoms with E-state index in [1.165, 1.54) is 73.0 Å². The lowest BCUT2D eigenvalue weighted by Crippen LogP contribution is -2.16. The molecule has 0 aliphatic carbocycles. The molecule has 0 spiro atoms. The molecule has 0 aliphatic heterocycles. The van der Waals surface area contributed by atoms with E-state index in [9.17, 15) is 9.36 Å². The van der Waals surface area contributed by atoms with Gasteiger partial charge in [0.15, 0.2) is 0 Å². The molecule has 1 atom stereocenters. The minimum Gasteiger partial charge on any atom is -0.481 e. The van der Waals surface area contributed by atoms with Gasteiger partial charge < -0.3 is 42.2 Å². The normalized spacial score (nSPS) is 11.7. The van der Waals surface area contributed by atoms with Crippen LogP contribution >= 0.6 is 23.5 Å². The van der Waals surface area contributed by atoms with Crippen molar-refractivity contribution in [1.29, 1.82) is 0 Å². The summed E-state index contributed by atoms with van der Waals surface area (Å²) in [7, 11) is 3.89. The van der Waals surface area contributed by atoms with E-state index in [1.807, 2.05) is 0 Å². The molecule has 0 saturated carbocycles. The van der Waals surface area contributed by atoms with Crippen molar-refractivity contribution >= 4 is 29.5 Å². The number of rotatable bonds is 14. The molecule has 15 nitrogen and oxygen atoms in total. The molecule has 238 valence electrons. The molecule has 0 aliphatic rings. The second kappa shape index (κ2) is 15.0. The molecule has 1 unspecified atom stereocenters. The smallest absolute Gasteiger partial charge is 0.375 e. The van der Waals surface area contributed by atoms with E-state index in [0.717, 1.165) is 4.47 Å². The highest BCUT2D eigenvalue weighted by Crippen LogP contribution is 2.61. The Balaban J connectivity index is 1.85. The maximum absolute atomic E-state index is 14.1. The summed E-state index contributed by atoms with van der Waals surface area (Å²) >= 11 is 3.36. The van der Waals surface area contributed by atoms with Crippen molar-refractivity contribution in [3.8, 4) is 47.0 Å². The second-order valence-corrected chi connectivity index (χ2v) is 11.7. The van der Waals surface area contributed by atoms with Crippen molar-refractivity contribution < 1.29 is 51.6 Å². The molecule has 0 amide bonds. The van der Waals surface area contributed by atoms with E-state index in [2.05, 4.69) is 35.9 Å². The number of ether oxygens (including phenoxy) is 7. The number of aromatic nitrogens is 4. The van der Waals surface area contributed by atoms with Gasteiger partial charge in [0.05, 0.1) is 40.6 Å². The van der Waals surface area contributed by atoms with E-state index in [1.54, 1.807) is 24.3 Å². The topological polar surface area (TPSA) is 169 Å². The van der Waals surface area contributed by atoms with Crippen LogP contribution in [0.5, 0.6) is 47.0 Å². The van der Waals surface area contributed by atoms with Gasteiger partial charge in [-0.1, -0.05) is 34.1 Å². The molecule has 2 heterocycles. The number of carbonyl (C=O) groups excluding carboxylic acids is 1. The maximum atomic E-state index is 14.1. The van der Waals surface area contributed by atoms with Crippen LogP contribution in [0.4, 0.5) is 0 Å². The van der Waals surface area contributed by atoms with Gasteiger partial charge in [-0.2, -0.15) is 19.9 Å². The summed E-state index contributed by atoms with van der Waals surface area (Å²) in [6.07, 6.45) is 0. The average molecular weight is 707 g/mol. The van der Waals surface area contributed by atoms with Crippen molar-refractivity contribution in [3.05, 3.63) is 70.2 Å². The predicted molar refractivity (Wildman–Crippen MR) is 161 cm³/mol. The van der Waals surface area contributed by atoms with Gasteiger partial charge >= 0.3 is 25.6 Å². The van der Waals surface area contributed by atoms with Crippen LogP contribution in [-0.4, -0.2) is 68.6 Å². The Kier molecular flexibility index (Phi) is 11.1. The molecule has 0 bridgehead atoms. The van der Waals surface area contributed by atoms with E-state index >= 15 is 0 Å². The summed E-state index contributed by atoms with van der Waals surface area (Å²) in [6.45, 7) is 0. The molecular weight excluding hydrogens is 679 g/mol. The maximum Gasteiger partial charge on any atom is 0.375 e. The van der Waals surface area contributed by atoms with Crippen LogP contribution in [0.3, 0.4) is 0 Å². The lowest BCUT2D eigenvalue weighted by molar-refractivity contribution is 0.0375. The lowest BCUT2D eigenvalue weighted by Gasteiger charge is -2.25. The molecule has 2 aromatic heterocycles. The molecule has 17 heteroatoms. The number of halogens is 1. The monoisotopic (exact) mass is 706 g/mol. The largest absolute Gasteiger partial charge is 0.481 e. The van der Waals surface area contributed by atoms with Gasteiger partial charge in [-0.05, 0) is 24.3 Å². The average Bonchev–Trinajstić information content (AvgIpc) is 3.06. The fourth-order valence-corrected chi connectivity index (χ4v) is 5.28. The van der Waals surface area contributed by atoms with E-state index in [4.69, 9.17) is 42.2 Å². The summed E-state index contributed by atoms with van der Waals surface area (Å²) in [4.78, 5) is 30.7. The van der Waals surface area contributed by atoms with Gasteiger partial charge in [0.1, 0.15) is 17.1 Å². The Morgan fingerprint density at radius 2 is 1.11 bits per heavy atom. The van der Waals surface area contributed by atoms with Crippen molar-refractivity contribution in [3.63, 3.8) is 0 Å². The van der Waals surface area contributed by atoms with E-state index in [0.29, 0.717) is 5.56 Å². The molecule has 2 aromatic carbocycles. The number of hydrogen-bond acceptors (Lipinski definition) is 15. The molecule has 0 N–H and O–H groups in total. The number of hydrogen-bond donors (Lipinski definition) is 0. The Morgan fingerprint density at radius 1 is 0.689 bits per heavy atom. The second-order valence-electron chi connectivity index (χ2n) is 8.52. The number of methoxy groups -OCH3 is 4. The van der Waals surface area contributed by atoms with Gasteiger partial charge in [-0.25, -0.2) is 4.79 Å². The van der Waals surface area contributed by atoms with Crippen molar-refractivity contribution in [2.45, 2.75) is 5.85 Å². The quantitative estimate of drug-likeness (QED) is 0.111. The van der Waals surface area contributed by atoms with Crippen LogP contribution in [0, 0.1) is 0 Å². The highest BCUT2D eigenvalue weighted by atomic mass is 79.9. The minimum atomic E-state index is -4.06. The first-order valence-corrected chi connectivity index (χ1v) is 15.2. The first-order valence-electron chi connectivity index (χ1n) is 12.8. The predicted octanol–water partition coefficient (Wildman–Crippen LogP) is 5.99. The molecule has 0 fully saturated rings. The van der Waals surface area contributed by atoms with Crippen LogP contribution in [0.15, 0.2) is 59.1 Å². The van der Waals surface area contributed by atoms with Crippen molar-refractivity contribution in [2.75, 3.05) is 42.7 Å². The Hall–Kier alpha value is -4.50. The first kappa shape index (κ1) is 33.4. The summed E-state index contributed by atoms with van der Waals surface area (Å²) in [5, 5.41) is 0. The lowest BCUT2D eigenvalue weighted by atomic mass is 10.1. The van der Waals surface area contributed by atoms with Gasteiger partial charge in [-0.3, -0.25) is 4.57 Å². The zero-order chi connectivity index (χ0) is 32.6. The van der Waals surface area contributed by atoms with Gasteiger partial charge in [0, 0.05) is 24.3 Å². The van der Waals surface area contributed by atoms with Gasteiger partial charge in [-0.15, -0.1) is 0 Å². The third kappa shape index (κ3) is 7.97. The molecular formula is C28H28BrN4O11P. The number of nitrogens with zero attached hydrogens (tertiary/aromatic N) is 4. The van der Waals surface area contributed by atoms with Gasteiger partial charge in [0.2, 0.25) is 29.4 Å². The van der Waals surface area contributed by atoms with E-state index < -0.39 is 19.4 Å². The van der Waals surface area contributed by atoms with Crippen LogP contribution in [0.1, 0.15) is 21.8 Å². The molecule has 0 saturated heterocycles. The van der Waals surface area contributed by atoms with Crippen molar-refractivity contribution in [1.82, 2.24) is 19.9 Å². The highest BCUT2D eigenvalue weighted by Gasteiger charge is 2.40. The fraction of sp³-hybridized carbons (Fsp3) is 0.250. The van der Waals surface area contributed by atoms with Crippen LogP contribution in [-0.2, 0) is 18.3 Å². The summed E-state index contributed by atoms with van der Waals surface area (Å²) in [5.41, 5.74) is 0.0373. The van der Waals surface area contributed by atoms with Crippen LogP contribution < -0.4 is 28.4 Å². The minimum absolute atomic E-state index is 0.123. The van der Waals surface area contributed by atoms with E-state index in [-0.39, 0.29) is 52.6 Å². The zero-order valence-electron chi connectivity index (χ0n) is 24.9. The summed E-state index contributed by atoms with van der Waals surface area (Å²) in [5.74, 6) is -2.29. The Labute approximate surface area is 266 Å². The first-order chi connectivity index (χ1) is 21.7. The van der Waals surface area contributed by atoms with Crippen LogP contribution in [0.25, 0.3) is 0 Å². The molecule has 4 rings (SSSR count). The Morgan fingerprint density at radius 3 is 1.49 bits per heavy atom. The third-order valence-electron chi connectivity index (χ3n) is 5.92. The third-order valence-corrected chi connectivity index (χ3v) is 8.44.